The summed E-state index contributed by atoms with van der Waals surface area (Å²) in [6.45, 7) is 4.18. The fraction of sp³-hybridized carbons (Fsp3) is 0.111. The lowest BCUT2D eigenvalue weighted by molar-refractivity contribution is 0.854. The van der Waals surface area contributed by atoms with E-state index in [9.17, 15) is 0 Å². The quantitative estimate of drug-likeness (QED) is 0.642. The number of rotatable bonds is 4. The highest BCUT2D eigenvalue weighted by atomic mass is 32.2. The van der Waals surface area contributed by atoms with Crippen molar-refractivity contribution in [2.24, 2.45) is 0 Å². The van der Waals surface area contributed by atoms with Gasteiger partial charge < -0.3 is 0 Å². The van der Waals surface area contributed by atoms with Gasteiger partial charge in [-0.05, 0) is 50.2 Å². The predicted octanol–water partition coefficient (Wildman–Crippen LogP) is 5.40. The minimum atomic E-state index is 0.914. The van der Waals surface area contributed by atoms with E-state index in [1.807, 2.05) is 12.1 Å². The molecule has 0 saturated carbocycles. The Balaban J connectivity index is 1.67. The zero-order valence-corrected chi connectivity index (χ0v) is 14.1. The highest BCUT2D eigenvalue weighted by Crippen LogP contribution is 2.29. The molecular weight excluding hydrogens is 308 g/mol. The van der Waals surface area contributed by atoms with Crippen LogP contribution < -0.4 is 0 Å². The van der Waals surface area contributed by atoms with Crippen LogP contribution in [-0.4, -0.2) is 10.2 Å². The topological polar surface area (TPSA) is 25.8 Å². The van der Waals surface area contributed by atoms with Gasteiger partial charge in [-0.1, -0.05) is 58.9 Å². The Bertz CT molecular complexity index is 669. The summed E-state index contributed by atoms with van der Waals surface area (Å²) < 4.78 is 0. The minimum absolute atomic E-state index is 0.914. The predicted molar refractivity (Wildman–Crippen MR) is 92.6 cm³/mol. The van der Waals surface area contributed by atoms with E-state index in [1.54, 1.807) is 23.5 Å². The number of hydrogen-bond acceptors (Lipinski definition) is 4. The number of aromatic nitrogens is 2. The van der Waals surface area contributed by atoms with Crippen LogP contribution in [-0.2, 0) is 0 Å². The molecule has 1 aromatic heterocycles. The molecule has 0 amide bonds. The molecule has 22 heavy (non-hydrogen) atoms. The van der Waals surface area contributed by atoms with Gasteiger partial charge in [-0.15, -0.1) is 10.2 Å². The van der Waals surface area contributed by atoms with Crippen molar-refractivity contribution < 1.29 is 0 Å². The van der Waals surface area contributed by atoms with Crippen molar-refractivity contribution in [3.8, 4) is 0 Å². The van der Waals surface area contributed by atoms with Crippen molar-refractivity contribution >= 4 is 23.5 Å². The van der Waals surface area contributed by atoms with Crippen LogP contribution in [0.1, 0.15) is 11.1 Å². The Labute approximate surface area is 139 Å². The van der Waals surface area contributed by atoms with Crippen LogP contribution in [0, 0.1) is 13.8 Å². The Morgan fingerprint density at radius 3 is 1.23 bits per heavy atom. The Morgan fingerprint density at radius 2 is 0.909 bits per heavy atom. The molecule has 0 bridgehead atoms. The molecule has 2 nitrogen and oxygen atoms in total. The average molecular weight is 324 g/mol. The van der Waals surface area contributed by atoms with Crippen molar-refractivity contribution in [3.05, 3.63) is 71.8 Å². The first-order valence-electron chi connectivity index (χ1n) is 7.02. The maximum absolute atomic E-state index is 4.30. The van der Waals surface area contributed by atoms with Crippen LogP contribution in [0.15, 0.2) is 80.5 Å². The lowest BCUT2D eigenvalue weighted by Crippen LogP contribution is -1.87. The molecule has 1 heterocycles. The van der Waals surface area contributed by atoms with Crippen LogP contribution in [0.5, 0.6) is 0 Å². The minimum Gasteiger partial charge on any atom is -0.143 e. The highest BCUT2D eigenvalue weighted by molar-refractivity contribution is 7.99. The number of aryl methyl sites for hydroxylation is 2. The summed E-state index contributed by atoms with van der Waals surface area (Å²) in [7, 11) is 0. The van der Waals surface area contributed by atoms with E-state index in [-0.39, 0.29) is 0 Å². The molecular formula is C18H16N2S2. The molecule has 3 aromatic rings. The first kappa shape index (κ1) is 15.1. The van der Waals surface area contributed by atoms with Gasteiger partial charge in [0.25, 0.3) is 0 Å². The van der Waals surface area contributed by atoms with E-state index in [0.717, 1.165) is 10.1 Å². The van der Waals surface area contributed by atoms with Crippen molar-refractivity contribution in [2.45, 2.75) is 33.7 Å². The third-order valence-corrected chi connectivity index (χ3v) is 4.97. The molecule has 0 fully saturated rings. The van der Waals surface area contributed by atoms with Crippen LogP contribution >= 0.6 is 23.5 Å². The molecule has 3 rings (SSSR count). The molecule has 0 aliphatic rings. The molecule has 0 saturated heterocycles. The van der Waals surface area contributed by atoms with Crippen LogP contribution in [0.3, 0.4) is 0 Å². The summed E-state index contributed by atoms with van der Waals surface area (Å²) in [5.41, 5.74) is 2.53. The van der Waals surface area contributed by atoms with Crippen LogP contribution in [0.4, 0.5) is 0 Å². The van der Waals surface area contributed by atoms with E-state index < -0.39 is 0 Å². The average Bonchev–Trinajstić information content (AvgIpc) is 2.54. The maximum atomic E-state index is 4.30. The highest BCUT2D eigenvalue weighted by Gasteiger charge is 2.03. The molecule has 2 aromatic carbocycles. The Morgan fingerprint density at radius 1 is 0.545 bits per heavy atom. The van der Waals surface area contributed by atoms with Gasteiger partial charge in [0.05, 0.1) is 0 Å². The number of hydrogen-bond donors (Lipinski definition) is 0. The molecule has 0 aliphatic heterocycles. The molecule has 0 spiro atoms. The molecule has 110 valence electrons. The molecule has 4 heteroatoms. The lowest BCUT2D eigenvalue weighted by Gasteiger charge is -2.03. The van der Waals surface area contributed by atoms with Gasteiger partial charge in [0.1, 0.15) is 10.1 Å². The van der Waals surface area contributed by atoms with Gasteiger partial charge in [0.15, 0.2) is 0 Å². The second kappa shape index (κ2) is 6.99. The SMILES string of the molecule is Cc1ccc(Sc2ccc(Sc3ccc(C)cc3)nn2)cc1. The van der Waals surface area contributed by atoms with Gasteiger partial charge >= 0.3 is 0 Å². The van der Waals surface area contributed by atoms with E-state index in [4.69, 9.17) is 0 Å². The molecule has 0 N–H and O–H groups in total. The maximum Gasteiger partial charge on any atom is 0.124 e. The zero-order valence-electron chi connectivity index (χ0n) is 12.5. The third-order valence-electron chi connectivity index (χ3n) is 3.10. The van der Waals surface area contributed by atoms with E-state index >= 15 is 0 Å². The van der Waals surface area contributed by atoms with Crippen molar-refractivity contribution in [1.29, 1.82) is 0 Å². The standard InChI is InChI=1S/C18H16N2S2/c1-13-3-7-15(8-4-13)21-17-11-12-18(20-19-17)22-16-9-5-14(2)6-10-16/h3-12H,1-2H3. The zero-order chi connectivity index (χ0) is 15.4. The monoisotopic (exact) mass is 324 g/mol. The van der Waals surface area contributed by atoms with Crippen LogP contribution in [0.25, 0.3) is 0 Å². The number of nitrogens with zero attached hydrogens (tertiary/aromatic N) is 2. The van der Waals surface area contributed by atoms with Gasteiger partial charge in [-0.2, -0.15) is 0 Å². The first-order chi connectivity index (χ1) is 10.7. The van der Waals surface area contributed by atoms with E-state index in [2.05, 4.69) is 72.6 Å². The van der Waals surface area contributed by atoms with Crippen molar-refractivity contribution in [1.82, 2.24) is 10.2 Å². The Kier molecular flexibility index (Phi) is 4.80. The van der Waals surface area contributed by atoms with Crippen molar-refractivity contribution in [3.63, 3.8) is 0 Å². The normalized spacial score (nSPS) is 10.6. The largest absolute Gasteiger partial charge is 0.143 e. The van der Waals surface area contributed by atoms with E-state index in [0.29, 0.717) is 0 Å². The summed E-state index contributed by atoms with van der Waals surface area (Å²) in [4.78, 5) is 2.36. The fourth-order valence-corrected chi connectivity index (χ4v) is 3.33. The van der Waals surface area contributed by atoms with Gasteiger partial charge in [-0.3, -0.25) is 0 Å². The van der Waals surface area contributed by atoms with Gasteiger partial charge in [0.2, 0.25) is 0 Å². The third kappa shape index (κ3) is 4.12. The molecule has 0 atom stereocenters. The second-order valence-electron chi connectivity index (χ2n) is 5.04. The van der Waals surface area contributed by atoms with Gasteiger partial charge in [0, 0.05) is 9.79 Å². The summed E-state index contributed by atoms with van der Waals surface area (Å²) in [5, 5.41) is 10.4. The molecule has 0 aliphatic carbocycles. The lowest BCUT2D eigenvalue weighted by atomic mass is 10.2. The summed E-state index contributed by atoms with van der Waals surface area (Å²) in [5.74, 6) is 0. The molecule has 0 unspecified atom stereocenters. The van der Waals surface area contributed by atoms with Crippen LogP contribution in [0.2, 0.25) is 0 Å². The second-order valence-corrected chi connectivity index (χ2v) is 7.23. The fourth-order valence-electron chi connectivity index (χ4n) is 1.87. The summed E-state index contributed by atoms with van der Waals surface area (Å²) in [6.07, 6.45) is 0. The van der Waals surface area contributed by atoms with E-state index in [1.165, 1.54) is 20.9 Å². The summed E-state index contributed by atoms with van der Waals surface area (Å²) in [6, 6.07) is 20.9. The summed E-state index contributed by atoms with van der Waals surface area (Å²) >= 11 is 3.26. The Hall–Kier alpha value is -1.78. The molecule has 0 radical (unpaired) electrons. The smallest absolute Gasteiger partial charge is 0.124 e. The number of benzene rings is 2. The van der Waals surface area contributed by atoms with Crippen molar-refractivity contribution in [2.75, 3.05) is 0 Å². The first-order valence-corrected chi connectivity index (χ1v) is 8.65. The van der Waals surface area contributed by atoms with Gasteiger partial charge in [-0.25, -0.2) is 0 Å².